The lowest BCUT2D eigenvalue weighted by Gasteiger charge is -2.37. The van der Waals surface area contributed by atoms with E-state index in [1.807, 2.05) is 36.4 Å². The van der Waals surface area contributed by atoms with Gasteiger partial charge in [-0.15, -0.1) is 11.3 Å². The van der Waals surface area contributed by atoms with Crippen molar-refractivity contribution in [2.75, 3.05) is 0 Å². The molecule has 4 heteroatoms. The molecule has 1 aromatic carbocycles. The van der Waals surface area contributed by atoms with Crippen molar-refractivity contribution in [2.24, 2.45) is 0 Å². The molecule has 116 valence electrons. The maximum atomic E-state index is 12.1. The molecule has 1 aliphatic rings. The highest BCUT2D eigenvalue weighted by molar-refractivity contribution is 7.16. The Bertz CT molecular complexity index is 659. The molecule has 0 bridgehead atoms. The fourth-order valence-corrected chi connectivity index (χ4v) is 4.34. The zero-order valence-electron chi connectivity index (χ0n) is 12.3. The molecule has 0 spiro atoms. The second-order valence-electron chi connectivity index (χ2n) is 5.92. The fourth-order valence-electron chi connectivity index (χ4n) is 2.93. The number of halogens is 1. The van der Waals surface area contributed by atoms with E-state index in [9.17, 15) is 9.90 Å². The Balaban J connectivity index is 1.61. The molecule has 0 unspecified atom stereocenters. The number of rotatable bonds is 6. The summed E-state index contributed by atoms with van der Waals surface area (Å²) in [4.78, 5) is 13.2. The van der Waals surface area contributed by atoms with Crippen LogP contribution in [0.4, 0.5) is 0 Å². The topological polar surface area (TPSA) is 37.3 Å². The van der Waals surface area contributed by atoms with E-state index in [-0.39, 0.29) is 5.78 Å². The number of carbonyl (C=O) groups is 1. The Morgan fingerprint density at radius 3 is 2.64 bits per heavy atom. The number of Topliss-reactive ketones (excluding diaryl/α,β-unsaturated/α-hetero) is 1. The Kier molecular flexibility index (Phi) is 4.67. The van der Waals surface area contributed by atoms with Gasteiger partial charge in [0.25, 0.3) is 0 Å². The number of aryl methyl sites for hydroxylation is 1. The SMILES string of the molecule is O=C(CCCc1sc(Cl)cc1C1(O)CCC1)c1ccccc1. The van der Waals surface area contributed by atoms with Crippen LogP contribution in [0.25, 0.3) is 0 Å². The quantitative estimate of drug-likeness (QED) is 0.756. The highest BCUT2D eigenvalue weighted by atomic mass is 35.5. The van der Waals surface area contributed by atoms with E-state index in [2.05, 4.69) is 0 Å². The van der Waals surface area contributed by atoms with Crippen LogP contribution in [-0.4, -0.2) is 10.9 Å². The van der Waals surface area contributed by atoms with E-state index in [1.165, 1.54) is 11.3 Å². The summed E-state index contributed by atoms with van der Waals surface area (Å²) in [6.45, 7) is 0. The molecule has 0 atom stereocenters. The standard InChI is InChI=1S/C18H19ClO2S/c19-17-12-14(18(21)10-5-11-18)16(22-17)9-4-8-15(20)13-6-2-1-3-7-13/h1-3,6-7,12,21H,4-5,8-11H2. The van der Waals surface area contributed by atoms with Gasteiger partial charge in [-0.25, -0.2) is 0 Å². The molecule has 0 saturated heterocycles. The van der Waals surface area contributed by atoms with Crippen molar-refractivity contribution >= 4 is 28.7 Å². The number of thiophene rings is 1. The van der Waals surface area contributed by atoms with E-state index in [1.54, 1.807) is 0 Å². The number of aliphatic hydroxyl groups is 1. The monoisotopic (exact) mass is 334 g/mol. The Morgan fingerprint density at radius 1 is 1.27 bits per heavy atom. The third kappa shape index (κ3) is 3.27. The average Bonchev–Trinajstić information content (AvgIpc) is 2.87. The van der Waals surface area contributed by atoms with Crippen LogP contribution >= 0.6 is 22.9 Å². The van der Waals surface area contributed by atoms with Gasteiger partial charge in [-0.2, -0.15) is 0 Å². The first-order chi connectivity index (χ1) is 10.6. The average molecular weight is 335 g/mol. The van der Waals surface area contributed by atoms with Crippen molar-refractivity contribution in [3.63, 3.8) is 0 Å². The van der Waals surface area contributed by atoms with Gasteiger partial charge in [0, 0.05) is 16.9 Å². The molecule has 0 aliphatic heterocycles. The Hall–Kier alpha value is -1.16. The summed E-state index contributed by atoms with van der Waals surface area (Å²) in [6.07, 6.45) is 4.81. The van der Waals surface area contributed by atoms with Crippen molar-refractivity contribution in [1.29, 1.82) is 0 Å². The molecule has 1 N–H and O–H groups in total. The predicted molar refractivity (Wildman–Crippen MR) is 90.8 cm³/mol. The van der Waals surface area contributed by atoms with E-state index in [0.29, 0.717) is 6.42 Å². The first kappa shape index (κ1) is 15.7. The largest absolute Gasteiger partial charge is 0.385 e. The normalized spacial score (nSPS) is 16.3. The summed E-state index contributed by atoms with van der Waals surface area (Å²) >= 11 is 7.66. The maximum Gasteiger partial charge on any atom is 0.162 e. The van der Waals surface area contributed by atoms with E-state index >= 15 is 0 Å². The van der Waals surface area contributed by atoms with Gasteiger partial charge >= 0.3 is 0 Å². The highest BCUT2D eigenvalue weighted by Gasteiger charge is 2.38. The number of benzene rings is 1. The molecule has 2 aromatic rings. The summed E-state index contributed by atoms with van der Waals surface area (Å²) in [5, 5.41) is 10.5. The molecule has 0 amide bonds. The smallest absolute Gasteiger partial charge is 0.162 e. The van der Waals surface area contributed by atoms with Gasteiger partial charge in [0.15, 0.2) is 5.78 Å². The second kappa shape index (κ2) is 6.53. The van der Waals surface area contributed by atoms with Crippen LogP contribution in [0.5, 0.6) is 0 Å². The van der Waals surface area contributed by atoms with Gasteiger partial charge in [-0.05, 0) is 43.7 Å². The number of carbonyl (C=O) groups excluding carboxylic acids is 1. The van der Waals surface area contributed by atoms with E-state index in [4.69, 9.17) is 11.6 Å². The highest BCUT2D eigenvalue weighted by Crippen LogP contribution is 2.46. The van der Waals surface area contributed by atoms with Crippen molar-refractivity contribution in [1.82, 2.24) is 0 Å². The number of hydrogen-bond acceptors (Lipinski definition) is 3. The molecular weight excluding hydrogens is 316 g/mol. The van der Waals surface area contributed by atoms with Gasteiger partial charge in [0.1, 0.15) is 0 Å². The van der Waals surface area contributed by atoms with Gasteiger partial charge in [-0.1, -0.05) is 41.9 Å². The van der Waals surface area contributed by atoms with Crippen molar-refractivity contribution in [2.45, 2.75) is 44.1 Å². The lowest BCUT2D eigenvalue weighted by atomic mass is 9.75. The Morgan fingerprint density at radius 2 is 2.00 bits per heavy atom. The van der Waals surface area contributed by atoms with E-state index in [0.717, 1.165) is 52.4 Å². The summed E-state index contributed by atoms with van der Waals surface area (Å²) in [5.74, 6) is 0.173. The van der Waals surface area contributed by atoms with Crippen LogP contribution in [0.2, 0.25) is 4.34 Å². The molecule has 1 saturated carbocycles. The van der Waals surface area contributed by atoms with E-state index < -0.39 is 5.60 Å². The van der Waals surface area contributed by atoms with Gasteiger partial charge in [0.05, 0.1) is 9.94 Å². The maximum absolute atomic E-state index is 12.1. The first-order valence-corrected chi connectivity index (χ1v) is 8.87. The lowest BCUT2D eigenvalue weighted by molar-refractivity contribution is -0.0390. The minimum atomic E-state index is -0.678. The lowest BCUT2D eigenvalue weighted by Crippen LogP contribution is -2.34. The van der Waals surface area contributed by atoms with Crippen LogP contribution < -0.4 is 0 Å². The molecule has 1 heterocycles. The number of hydrogen-bond donors (Lipinski definition) is 1. The third-order valence-corrected chi connectivity index (χ3v) is 5.69. The summed E-state index contributed by atoms with van der Waals surface area (Å²) in [7, 11) is 0. The second-order valence-corrected chi connectivity index (χ2v) is 7.68. The first-order valence-electron chi connectivity index (χ1n) is 7.68. The van der Waals surface area contributed by atoms with Gasteiger partial charge < -0.3 is 5.11 Å². The molecule has 2 nitrogen and oxygen atoms in total. The zero-order valence-corrected chi connectivity index (χ0v) is 13.9. The number of ketones is 1. The molecule has 22 heavy (non-hydrogen) atoms. The van der Waals surface area contributed by atoms with Crippen molar-refractivity contribution < 1.29 is 9.90 Å². The minimum Gasteiger partial charge on any atom is -0.385 e. The van der Waals surface area contributed by atoms with Gasteiger partial charge in [0.2, 0.25) is 0 Å². The van der Waals surface area contributed by atoms with Crippen LogP contribution in [0.3, 0.4) is 0 Å². The molecule has 0 radical (unpaired) electrons. The summed E-state index contributed by atoms with van der Waals surface area (Å²) in [6, 6.07) is 11.3. The molecule has 1 fully saturated rings. The summed E-state index contributed by atoms with van der Waals surface area (Å²) < 4.78 is 0.722. The third-order valence-electron chi connectivity index (χ3n) is 4.36. The fraction of sp³-hybridized carbons (Fsp3) is 0.389. The zero-order chi connectivity index (χ0) is 15.6. The predicted octanol–water partition coefficient (Wildman–Crippen LogP) is 4.98. The van der Waals surface area contributed by atoms with Crippen LogP contribution in [-0.2, 0) is 12.0 Å². The molecular formula is C18H19ClO2S. The Labute approximate surface area is 139 Å². The van der Waals surface area contributed by atoms with Gasteiger partial charge in [-0.3, -0.25) is 4.79 Å². The van der Waals surface area contributed by atoms with Crippen LogP contribution in [0.1, 0.15) is 52.9 Å². The van der Waals surface area contributed by atoms with Crippen LogP contribution in [0, 0.1) is 0 Å². The summed E-state index contributed by atoms with van der Waals surface area (Å²) in [5.41, 5.74) is 1.08. The molecule has 1 aliphatic carbocycles. The molecule has 1 aromatic heterocycles. The minimum absolute atomic E-state index is 0.173. The molecule has 3 rings (SSSR count). The van der Waals surface area contributed by atoms with Crippen molar-refractivity contribution in [3.8, 4) is 0 Å². The van der Waals surface area contributed by atoms with Crippen molar-refractivity contribution in [3.05, 3.63) is 56.7 Å². The van der Waals surface area contributed by atoms with Crippen LogP contribution in [0.15, 0.2) is 36.4 Å².